The number of hydrogen-bond donors (Lipinski definition) is 1. The Bertz CT molecular complexity index is 418. The van der Waals surface area contributed by atoms with Crippen molar-refractivity contribution in [1.29, 1.82) is 0 Å². The molecule has 8 heteroatoms. The van der Waals surface area contributed by atoms with E-state index in [4.69, 9.17) is 5.11 Å². The molecule has 7 nitrogen and oxygen atoms in total. The number of rotatable bonds is 10. The third-order valence-electron chi connectivity index (χ3n) is 2.71. The van der Waals surface area contributed by atoms with Gasteiger partial charge >= 0.3 is 11.9 Å². The maximum atomic E-state index is 12.1. The van der Waals surface area contributed by atoms with Crippen molar-refractivity contribution in [1.82, 2.24) is 4.31 Å². The molecule has 0 heterocycles. The topological polar surface area (TPSA) is 101 Å². The number of carbonyl (C=O) groups excluding carboxylic acids is 1. The molecule has 118 valence electrons. The highest BCUT2D eigenvalue weighted by Crippen LogP contribution is 2.11. The number of sulfonamides is 1. The van der Waals surface area contributed by atoms with Crippen molar-refractivity contribution in [3.63, 3.8) is 0 Å². The van der Waals surface area contributed by atoms with Gasteiger partial charge in [-0.2, -0.15) is 4.31 Å². The molecule has 0 fully saturated rings. The van der Waals surface area contributed by atoms with E-state index in [9.17, 15) is 18.0 Å². The molecule has 0 aromatic rings. The molecule has 0 radical (unpaired) electrons. The molecule has 0 amide bonds. The second-order valence-corrected chi connectivity index (χ2v) is 6.74. The molecule has 0 aromatic carbocycles. The van der Waals surface area contributed by atoms with E-state index in [2.05, 4.69) is 4.74 Å². The van der Waals surface area contributed by atoms with Crippen molar-refractivity contribution in [2.75, 3.05) is 19.4 Å². The molecule has 0 atom stereocenters. The van der Waals surface area contributed by atoms with Crippen LogP contribution in [0.5, 0.6) is 0 Å². The van der Waals surface area contributed by atoms with Gasteiger partial charge in [-0.1, -0.05) is 0 Å². The van der Waals surface area contributed by atoms with Crippen LogP contribution in [0.15, 0.2) is 0 Å². The van der Waals surface area contributed by atoms with E-state index in [1.54, 1.807) is 13.8 Å². The van der Waals surface area contributed by atoms with Crippen molar-refractivity contribution < 1.29 is 27.9 Å². The Hall–Kier alpha value is -1.15. The highest BCUT2D eigenvalue weighted by atomic mass is 32.2. The van der Waals surface area contributed by atoms with Gasteiger partial charge in [-0.15, -0.1) is 0 Å². The second kappa shape index (κ2) is 8.91. The van der Waals surface area contributed by atoms with Crippen LogP contribution in [-0.4, -0.2) is 55.2 Å². The van der Waals surface area contributed by atoms with E-state index in [0.717, 1.165) is 0 Å². The average molecular weight is 309 g/mol. The average Bonchev–Trinajstić information content (AvgIpc) is 2.32. The van der Waals surface area contributed by atoms with Gasteiger partial charge in [0, 0.05) is 25.4 Å². The van der Waals surface area contributed by atoms with Crippen LogP contribution in [0.1, 0.15) is 39.5 Å². The lowest BCUT2D eigenvalue weighted by atomic mass is 10.3. The van der Waals surface area contributed by atoms with E-state index >= 15 is 0 Å². The van der Waals surface area contributed by atoms with E-state index < -0.39 is 22.0 Å². The minimum atomic E-state index is -3.49. The van der Waals surface area contributed by atoms with Gasteiger partial charge in [0.15, 0.2) is 0 Å². The lowest BCUT2D eigenvalue weighted by molar-refractivity contribution is -0.140. The number of esters is 1. The van der Waals surface area contributed by atoms with E-state index in [1.807, 2.05) is 0 Å². The summed E-state index contributed by atoms with van der Waals surface area (Å²) < 4.78 is 30.0. The quantitative estimate of drug-likeness (QED) is 0.600. The minimum absolute atomic E-state index is 0.0524. The third kappa shape index (κ3) is 7.44. The van der Waals surface area contributed by atoms with Crippen LogP contribution in [0.4, 0.5) is 0 Å². The van der Waals surface area contributed by atoms with Gasteiger partial charge in [-0.05, 0) is 26.7 Å². The maximum absolute atomic E-state index is 12.1. The fraction of sp³-hybridized carbons (Fsp3) is 0.833. The lowest BCUT2D eigenvalue weighted by Crippen LogP contribution is -2.39. The number of carboxylic acids is 1. The maximum Gasteiger partial charge on any atom is 0.305 e. The predicted molar refractivity (Wildman–Crippen MR) is 73.7 cm³/mol. The number of methoxy groups -OCH3 is 1. The summed E-state index contributed by atoms with van der Waals surface area (Å²) in [5, 5.41) is 8.58. The number of nitrogens with zero attached hydrogens (tertiary/aromatic N) is 1. The molecular formula is C12H23NO6S. The normalized spacial score (nSPS) is 11.8. The summed E-state index contributed by atoms with van der Waals surface area (Å²) in [6.45, 7) is 3.64. The van der Waals surface area contributed by atoms with Gasteiger partial charge in [0.05, 0.1) is 12.9 Å². The Kier molecular flexibility index (Phi) is 8.40. The molecule has 0 aliphatic heterocycles. The minimum Gasteiger partial charge on any atom is -0.481 e. The molecule has 0 saturated heterocycles. The molecule has 0 bridgehead atoms. The molecule has 0 aromatic heterocycles. The molecule has 1 N–H and O–H groups in total. The summed E-state index contributed by atoms with van der Waals surface area (Å²) >= 11 is 0. The first-order valence-corrected chi connectivity index (χ1v) is 8.09. The van der Waals surface area contributed by atoms with Gasteiger partial charge in [0.25, 0.3) is 0 Å². The highest BCUT2D eigenvalue weighted by Gasteiger charge is 2.24. The van der Waals surface area contributed by atoms with E-state index in [-0.39, 0.29) is 44.0 Å². The first-order chi connectivity index (χ1) is 9.20. The van der Waals surface area contributed by atoms with Gasteiger partial charge in [0.2, 0.25) is 10.0 Å². The van der Waals surface area contributed by atoms with Crippen molar-refractivity contribution in [3.8, 4) is 0 Å². The smallest absolute Gasteiger partial charge is 0.305 e. The van der Waals surface area contributed by atoms with Crippen molar-refractivity contribution in [2.45, 2.75) is 45.6 Å². The molecule has 0 rings (SSSR count). The second-order valence-electron chi connectivity index (χ2n) is 4.70. The largest absolute Gasteiger partial charge is 0.481 e. The fourth-order valence-electron chi connectivity index (χ4n) is 1.72. The van der Waals surface area contributed by atoms with Gasteiger partial charge < -0.3 is 9.84 Å². The van der Waals surface area contributed by atoms with Crippen LogP contribution in [0.25, 0.3) is 0 Å². The predicted octanol–water partition coefficient (Wildman–Crippen LogP) is 0.845. The van der Waals surface area contributed by atoms with Crippen molar-refractivity contribution >= 4 is 22.0 Å². The zero-order valence-electron chi connectivity index (χ0n) is 12.2. The molecule has 0 aliphatic carbocycles. The monoisotopic (exact) mass is 309 g/mol. The van der Waals surface area contributed by atoms with Crippen LogP contribution >= 0.6 is 0 Å². The van der Waals surface area contributed by atoms with Gasteiger partial charge in [-0.25, -0.2) is 8.42 Å². The number of carbonyl (C=O) groups is 2. The number of ether oxygens (including phenoxy) is 1. The van der Waals surface area contributed by atoms with Crippen LogP contribution in [0, 0.1) is 0 Å². The van der Waals surface area contributed by atoms with Crippen LogP contribution in [-0.2, 0) is 24.3 Å². The summed E-state index contributed by atoms with van der Waals surface area (Å²) in [5.74, 6) is -1.54. The molecule has 0 spiro atoms. The SMILES string of the molecule is COC(=O)CCCS(=O)(=O)N(CCCC(=O)O)C(C)C. The van der Waals surface area contributed by atoms with Crippen LogP contribution in [0.3, 0.4) is 0 Å². The van der Waals surface area contributed by atoms with Crippen LogP contribution in [0.2, 0.25) is 0 Å². The van der Waals surface area contributed by atoms with E-state index in [1.165, 1.54) is 11.4 Å². The molecule has 0 unspecified atom stereocenters. The summed E-state index contributed by atoms with van der Waals surface area (Å²) in [6, 6.07) is -0.244. The zero-order chi connectivity index (χ0) is 15.8. The summed E-state index contributed by atoms with van der Waals surface area (Å²) in [4.78, 5) is 21.4. The molecule has 0 saturated carbocycles. The lowest BCUT2D eigenvalue weighted by Gasteiger charge is -2.25. The van der Waals surface area contributed by atoms with E-state index in [0.29, 0.717) is 0 Å². The van der Waals surface area contributed by atoms with Gasteiger partial charge in [0.1, 0.15) is 0 Å². The Labute approximate surface area is 120 Å². The Balaban J connectivity index is 4.48. The highest BCUT2D eigenvalue weighted by molar-refractivity contribution is 7.89. The standard InChI is InChI=1S/C12H23NO6S/c1-10(2)13(8-4-6-11(14)15)20(17,18)9-5-7-12(16)19-3/h10H,4-9H2,1-3H3,(H,14,15). The number of aliphatic carboxylic acids is 1. The van der Waals surface area contributed by atoms with Crippen molar-refractivity contribution in [3.05, 3.63) is 0 Å². The number of carboxylic acid groups (broad SMARTS) is 1. The summed E-state index contributed by atoms with van der Waals surface area (Å²) in [7, 11) is -2.24. The molecular weight excluding hydrogens is 286 g/mol. The third-order valence-corrected chi connectivity index (χ3v) is 4.84. The van der Waals surface area contributed by atoms with Gasteiger partial charge in [-0.3, -0.25) is 9.59 Å². The summed E-state index contributed by atoms with van der Waals surface area (Å²) in [6.07, 6.45) is 0.443. The fourth-order valence-corrected chi connectivity index (χ4v) is 3.52. The summed E-state index contributed by atoms with van der Waals surface area (Å²) in [5.41, 5.74) is 0. The number of hydrogen-bond acceptors (Lipinski definition) is 5. The molecule has 20 heavy (non-hydrogen) atoms. The zero-order valence-corrected chi connectivity index (χ0v) is 13.0. The Morgan fingerprint density at radius 2 is 1.80 bits per heavy atom. The Morgan fingerprint density at radius 1 is 1.20 bits per heavy atom. The van der Waals surface area contributed by atoms with Crippen molar-refractivity contribution in [2.24, 2.45) is 0 Å². The van der Waals surface area contributed by atoms with Crippen LogP contribution < -0.4 is 0 Å². The molecule has 0 aliphatic rings. The Morgan fingerprint density at radius 3 is 2.25 bits per heavy atom. The first kappa shape index (κ1) is 18.9. The first-order valence-electron chi connectivity index (χ1n) is 6.49.